The molecule has 4 N–H and O–H groups in total. The van der Waals surface area contributed by atoms with E-state index in [4.69, 9.17) is 42.0 Å². The van der Waals surface area contributed by atoms with Crippen molar-refractivity contribution in [3.8, 4) is 28.7 Å². The zero-order valence-electron chi connectivity index (χ0n) is 53.2. The lowest BCUT2D eigenvalue weighted by molar-refractivity contribution is -0.144. The minimum Gasteiger partial charge on any atom is -0.497 e. The van der Waals surface area contributed by atoms with E-state index >= 15 is 4.57 Å². The normalized spacial score (nSPS) is 18.8. The van der Waals surface area contributed by atoms with Gasteiger partial charge in [0.1, 0.15) is 60.8 Å². The van der Waals surface area contributed by atoms with Crippen molar-refractivity contribution in [2.75, 3.05) is 46.0 Å². The molecule has 2 aliphatic heterocycles. The number of aromatic amines is 1. The number of fused-ring (bicyclic) bond motifs is 4. The quantitative estimate of drug-likeness (QED) is 0.0153. The number of ether oxygens (including phenoxy) is 6. The zero-order valence-corrected chi connectivity index (χ0v) is 54.1. The second-order valence-electron chi connectivity index (χ2n) is 23.5. The van der Waals surface area contributed by atoms with E-state index < -0.39 is 80.7 Å². The van der Waals surface area contributed by atoms with Crippen molar-refractivity contribution in [1.29, 1.82) is 5.26 Å². The largest absolute Gasteiger partial charge is 0.497 e. The highest BCUT2D eigenvalue weighted by Gasteiger charge is 2.48. The van der Waals surface area contributed by atoms with Crippen molar-refractivity contribution in [1.82, 2.24) is 34.4 Å². The van der Waals surface area contributed by atoms with Crippen molar-refractivity contribution in [2.24, 2.45) is 0 Å². The molecule has 3 aliphatic rings. The number of aryl methyl sites for hydroxylation is 1. The van der Waals surface area contributed by atoms with Crippen LogP contribution >= 0.6 is 7.82 Å². The average molecular weight is 1340 g/mol. The molecule has 26 heteroatoms. The highest BCUT2D eigenvalue weighted by Crippen LogP contribution is 2.55. The smallest absolute Gasteiger partial charge is 0.475 e. The maximum absolute atomic E-state index is 15.2. The van der Waals surface area contributed by atoms with Gasteiger partial charge < -0.3 is 44.2 Å². The monoisotopic (exact) mass is 1340 g/mol. The van der Waals surface area contributed by atoms with Crippen molar-refractivity contribution >= 4 is 42.6 Å². The van der Waals surface area contributed by atoms with Gasteiger partial charge in [-0.1, -0.05) is 115 Å². The number of aliphatic hydroxyl groups is 1. The van der Waals surface area contributed by atoms with E-state index in [2.05, 4.69) is 54.8 Å². The van der Waals surface area contributed by atoms with Gasteiger partial charge in [0.25, 0.3) is 11.5 Å². The molecular formula is C71H70N9O16P. The molecular weight excluding hydrogens is 1270 g/mol. The van der Waals surface area contributed by atoms with Gasteiger partial charge in [0, 0.05) is 55.5 Å². The standard InChI is InChI=1S/C71H70N9O16P/c1-44-38-79(70(86)78-68(44)84)62-35-57(81)59(94-62)41-93-97(87,92-34-12-33-72)96-58-36-63(95-60(58)40-91-71(47-13-5-4-6-14-47,48-25-29-50(88-2)30-26-48)49-27-31-51(89-3)32-28-49)80-43-76-65-66(74-42-75-67(65)80)77-69(85)46-23-21-45(22-24-46)37-73-61(82)19-11-20-64(83)90-39-56-54-17-9-7-15-52(54)53-16-8-10-18-55(53)56/h4-10,13-18,21-32,38,42-43,56-60,62-63,81H,11-12,19-20,34-37,39-41H2,1-3H3,(H,73,82)(H,78,84,86)(H,74,75,77,85)/t57-,58-,59-,60-,62-,63-,97?/m1/s1. The summed E-state index contributed by atoms with van der Waals surface area (Å²) in [5.41, 5.74) is 5.60. The van der Waals surface area contributed by atoms with E-state index in [1.54, 1.807) is 43.1 Å². The summed E-state index contributed by atoms with van der Waals surface area (Å²) < 4.78 is 73.4. The number of benzene rings is 6. The van der Waals surface area contributed by atoms with Crippen LogP contribution in [0, 0.1) is 18.3 Å². The summed E-state index contributed by atoms with van der Waals surface area (Å²) in [4.78, 5) is 80.5. The second-order valence-corrected chi connectivity index (χ2v) is 25.1. The molecule has 0 saturated carbocycles. The first-order valence-electron chi connectivity index (χ1n) is 31.6. The summed E-state index contributed by atoms with van der Waals surface area (Å²) in [6, 6.07) is 49.2. The molecule has 0 bridgehead atoms. The second kappa shape index (κ2) is 30.0. The fraction of sp³-hybridized carbons (Fsp3) is 0.310. The number of aromatic nitrogens is 6. The lowest BCUT2D eigenvalue weighted by Gasteiger charge is -2.37. The fourth-order valence-electron chi connectivity index (χ4n) is 12.4. The Morgan fingerprint density at radius 3 is 2.05 bits per heavy atom. The molecule has 7 atom stereocenters. The number of nitrogens with zero attached hydrogens (tertiary/aromatic N) is 6. The molecule has 12 rings (SSSR count). The van der Waals surface area contributed by atoms with E-state index in [-0.39, 0.29) is 97.8 Å². The fourth-order valence-corrected chi connectivity index (χ4v) is 13.8. The number of aliphatic hydroxyl groups excluding tert-OH is 1. The predicted octanol–water partition coefficient (Wildman–Crippen LogP) is 9.48. The summed E-state index contributed by atoms with van der Waals surface area (Å²) in [6.45, 7) is 0.689. The topological polar surface area (TPSA) is 318 Å². The Morgan fingerprint density at radius 2 is 1.38 bits per heavy atom. The van der Waals surface area contributed by atoms with E-state index in [0.29, 0.717) is 29.0 Å². The zero-order chi connectivity index (χ0) is 67.6. The Hall–Kier alpha value is -10.0. The first-order valence-corrected chi connectivity index (χ1v) is 33.0. The van der Waals surface area contributed by atoms with Gasteiger partial charge in [-0.3, -0.25) is 46.9 Å². The molecule has 5 heterocycles. The lowest BCUT2D eigenvalue weighted by atomic mass is 9.80. The minimum atomic E-state index is -4.78. The number of phosphoric acid groups is 1. The third kappa shape index (κ3) is 14.9. The van der Waals surface area contributed by atoms with Crippen LogP contribution in [0.15, 0.2) is 180 Å². The van der Waals surface area contributed by atoms with E-state index in [9.17, 15) is 34.3 Å². The molecule has 25 nitrogen and oxygen atoms in total. The predicted molar refractivity (Wildman–Crippen MR) is 352 cm³/mol. The number of amides is 2. The highest BCUT2D eigenvalue weighted by molar-refractivity contribution is 7.48. The van der Waals surface area contributed by atoms with Gasteiger partial charge in [-0.2, -0.15) is 5.26 Å². The van der Waals surface area contributed by atoms with Crippen LogP contribution in [0.5, 0.6) is 11.5 Å². The number of hydrogen-bond acceptors (Lipinski definition) is 20. The number of rotatable bonds is 28. The molecule has 500 valence electrons. The van der Waals surface area contributed by atoms with Crippen LogP contribution in [0.25, 0.3) is 22.3 Å². The maximum atomic E-state index is 15.2. The summed E-state index contributed by atoms with van der Waals surface area (Å²) >= 11 is 0. The average Bonchev–Trinajstić information content (AvgIpc) is 1.09. The van der Waals surface area contributed by atoms with Crippen molar-refractivity contribution in [3.63, 3.8) is 0 Å². The number of nitrogens with one attached hydrogen (secondary N) is 3. The van der Waals surface area contributed by atoms with Crippen LogP contribution in [-0.2, 0) is 58.8 Å². The van der Waals surface area contributed by atoms with Crippen LogP contribution in [0.3, 0.4) is 0 Å². The first-order chi connectivity index (χ1) is 47.1. The summed E-state index contributed by atoms with van der Waals surface area (Å²) in [7, 11) is -1.64. The van der Waals surface area contributed by atoms with Gasteiger partial charge in [0.15, 0.2) is 17.0 Å². The first kappa shape index (κ1) is 67.0. The number of imidazole rings is 1. The minimum absolute atomic E-state index is 0.0570. The van der Waals surface area contributed by atoms with Gasteiger partial charge in [-0.15, -0.1) is 0 Å². The molecule has 0 radical (unpaired) electrons. The molecule has 97 heavy (non-hydrogen) atoms. The van der Waals surface area contributed by atoms with Gasteiger partial charge in [-0.25, -0.2) is 24.3 Å². The Bertz CT molecular complexity index is 4410. The summed E-state index contributed by atoms with van der Waals surface area (Å²) in [6.07, 6.45) is -2.57. The van der Waals surface area contributed by atoms with E-state index in [0.717, 1.165) is 37.9 Å². The summed E-state index contributed by atoms with van der Waals surface area (Å²) in [5, 5.41) is 26.5. The number of methoxy groups -OCH3 is 2. The van der Waals surface area contributed by atoms with Crippen LogP contribution in [0.4, 0.5) is 5.82 Å². The van der Waals surface area contributed by atoms with Gasteiger partial charge in [0.05, 0.1) is 59.0 Å². The number of nitriles is 1. The molecule has 0 spiro atoms. The Morgan fingerprint density at radius 1 is 0.742 bits per heavy atom. The van der Waals surface area contributed by atoms with Crippen LogP contribution in [-0.4, -0.2) is 117 Å². The molecule has 1 unspecified atom stereocenters. The van der Waals surface area contributed by atoms with E-state index in [1.165, 1.54) is 25.8 Å². The SMILES string of the molecule is COc1ccc(C(OC[C@H]2O[C@@H](n3cnc4c(NC(=O)c5ccc(CNC(=O)CCCC(=O)OCC6c7ccccc7-c7ccccc76)cc5)ncnc43)C[C@H]2OP(=O)(OCCC#N)OC[C@H]2O[C@@H](n3cc(C)c(=O)[nH]c3=O)C[C@H]2O)(c2ccccc2)c2ccc(OC)cc2)cc1. The molecule has 9 aromatic rings. The van der Waals surface area contributed by atoms with Crippen molar-refractivity contribution < 1.29 is 66.0 Å². The van der Waals surface area contributed by atoms with Gasteiger partial charge in [-0.05, 0) is 94.3 Å². The Balaban J connectivity index is 0.745. The Kier molecular flexibility index (Phi) is 20.7. The number of H-pyrrole nitrogens is 1. The number of hydrogen-bond donors (Lipinski definition) is 4. The lowest BCUT2D eigenvalue weighted by Crippen LogP contribution is -2.38. The number of carbonyl (C=O) groups excluding carboxylic acids is 3. The van der Waals surface area contributed by atoms with Gasteiger partial charge >= 0.3 is 19.5 Å². The molecule has 3 aromatic heterocycles. The van der Waals surface area contributed by atoms with Gasteiger partial charge in [0.2, 0.25) is 5.91 Å². The van der Waals surface area contributed by atoms with Crippen LogP contribution in [0.1, 0.15) is 106 Å². The van der Waals surface area contributed by atoms with Crippen LogP contribution in [0.2, 0.25) is 0 Å². The molecule has 1 aliphatic carbocycles. The molecule has 2 saturated heterocycles. The number of phosphoric ester groups is 1. The van der Waals surface area contributed by atoms with E-state index in [1.807, 2.05) is 109 Å². The third-order valence-electron chi connectivity index (χ3n) is 17.4. The Labute approximate surface area is 556 Å². The number of anilines is 1. The molecule has 2 amide bonds. The number of carbonyl (C=O) groups is 3. The summed E-state index contributed by atoms with van der Waals surface area (Å²) in [5.74, 6) is 0.0807. The maximum Gasteiger partial charge on any atom is 0.475 e. The third-order valence-corrected chi connectivity index (χ3v) is 18.9. The highest BCUT2D eigenvalue weighted by atomic mass is 31.2. The van der Waals surface area contributed by atoms with Crippen molar-refractivity contribution in [3.05, 3.63) is 236 Å². The molecule has 2 fully saturated rings. The molecule has 6 aromatic carbocycles. The van der Waals surface area contributed by atoms with Crippen molar-refractivity contribution in [2.45, 2.75) is 100 Å². The van der Waals surface area contributed by atoms with Crippen LogP contribution < -0.4 is 31.4 Å². The number of esters is 1.